The largest absolute Gasteiger partial charge is 0.497 e. The summed E-state index contributed by atoms with van der Waals surface area (Å²) in [6, 6.07) is 10.3. The van der Waals surface area contributed by atoms with Gasteiger partial charge in [0.15, 0.2) is 0 Å². The summed E-state index contributed by atoms with van der Waals surface area (Å²) in [7, 11) is 3.74. The second-order valence-electron chi connectivity index (χ2n) is 4.90. The molecule has 3 heteroatoms. The normalized spacial score (nSPS) is 11.4. The Balaban J connectivity index is 2.46. The van der Waals surface area contributed by atoms with Gasteiger partial charge in [0.1, 0.15) is 5.75 Å². The molecule has 1 aromatic heterocycles. The highest BCUT2D eigenvalue weighted by Crippen LogP contribution is 2.32. The number of hydrogen-bond donors (Lipinski definition) is 1. The summed E-state index contributed by atoms with van der Waals surface area (Å²) in [6.07, 6.45) is 0. The lowest BCUT2D eigenvalue weighted by Gasteiger charge is -2.04. The van der Waals surface area contributed by atoms with E-state index in [0.717, 1.165) is 27.6 Å². The maximum atomic E-state index is 9.43. The van der Waals surface area contributed by atoms with Crippen LogP contribution in [-0.2, 0) is 13.7 Å². The predicted molar refractivity (Wildman–Crippen MR) is 77.6 cm³/mol. The van der Waals surface area contributed by atoms with Gasteiger partial charge in [-0.3, -0.25) is 0 Å². The van der Waals surface area contributed by atoms with Crippen LogP contribution < -0.4 is 4.74 Å². The molecule has 0 aliphatic carbocycles. The standard InChI is InChI=1S/C16H17NO2/c1-10-6-16-13(7-11(10)9-18)14-8-12(19-3)4-5-15(14)17(16)2/h4-8,18H,9H2,1-3H3. The van der Waals surface area contributed by atoms with E-state index >= 15 is 0 Å². The van der Waals surface area contributed by atoms with Crippen LogP contribution in [0.1, 0.15) is 11.1 Å². The second-order valence-corrected chi connectivity index (χ2v) is 4.90. The fourth-order valence-corrected chi connectivity index (χ4v) is 2.68. The number of methoxy groups -OCH3 is 1. The summed E-state index contributed by atoms with van der Waals surface area (Å²) in [4.78, 5) is 0. The zero-order chi connectivity index (χ0) is 13.6. The van der Waals surface area contributed by atoms with E-state index in [9.17, 15) is 5.11 Å². The van der Waals surface area contributed by atoms with Gasteiger partial charge in [-0.1, -0.05) is 0 Å². The minimum atomic E-state index is 0.0716. The summed E-state index contributed by atoms with van der Waals surface area (Å²) in [5.41, 5.74) is 4.44. The number of aromatic nitrogens is 1. The number of aliphatic hydroxyl groups excluding tert-OH is 1. The van der Waals surface area contributed by atoms with E-state index in [0.29, 0.717) is 0 Å². The van der Waals surface area contributed by atoms with Gasteiger partial charge < -0.3 is 14.4 Å². The number of aliphatic hydroxyl groups is 1. The second kappa shape index (κ2) is 4.28. The minimum absolute atomic E-state index is 0.0716. The van der Waals surface area contributed by atoms with Gasteiger partial charge in [-0.15, -0.1) is 0 Å². The maximum absolute atomic E-state index is 9.43. The average molecular weight is 255 g/mol. The van der Waals surface area contributed by atoms with Crippen LogP contribution in [0, 0.1) is 6.92 Å². The van der Waals surface area contributed by atoms with Crippen molar-refractivity contribution >= 4 is 21.8 Å². The van der Waals surface area contributed by atoms with Crippen LogP contribution in [0.5, 0.6) is 5.75 Å². The molecule has 0 saturated heterocycles. The van der Waals surface area contributed by atoms with Gasteiger partial charge in [0, 0.05) is 28.9 Å². The smallest absolute Gasteiger partial charge is 0.119 e. The summed E-state index contributed by atoms with van der Waals surface area (Å²) >= 11 is 0. The van der Waals surface area contributed by atoms with Crippen LogP contribution in [-0.4, -0.2) is 16.8 Å². The number of aryl methyl sites for hydroxylation is 2. The Morgan fingerprint density at radius 3 is 2.53 bits per heavy atom. The summed E-state index contributed by atoms with van der Waals surface area (Å²) in [6.45, 7) is 2.10. The third-order valence-corrected chi connectivity index (χ3v) is 3.84. The minimum Gasteiger partial charge on any atom is -0.497 e. The van der Waals surface area contributed by atoms with Crippen LogP contribution in [0.3, 0.4) is 0 Å². The third-order valence-electron chi connectivity index (χ3n) is 3.84. The molecule has 0 saturated carbocycles. The van der Waals surface area contributed by atoms with E-state index in [1.165, 1.54) is 11.0 Å². The Morgan fingerprint density at radius 2 is 1.84 bits per heavy atom. The molecule has 0 unspecified atom stereocenters. The molecule has 0 aliphatic heterocycles. The van der Waals surface area contributed by atoms with Crippen LogP contribution in [0.25, 0.3) is 21.8 Å². The van der Waals surface area contributed by atoms with Crippen molar-refractivity contribution in [3.8, 4) is 5.75 Å². The van der Waals surface area contributed by atoms with Crippen molar-refractivity contribution in [1.82, 2.24) is 4.57 Å². The SMILES string of the molecule is COc1ccc2c(c1)c1cc(CO)c(C)cc1n2C. The zero-order valence-electron chi connectivity index (χ0n) is 11.4. The van der Waals surface area contributed by atoms with E-state index < -0.39 is 0 Å². The van der Waals surface area contributed by atoms with Crippen molar-refractivity contribution in [2.45, 2.75) is 13.5 Å². The molecule has 0 atom stereocenters. The molecule has 0 fully saturated rings. The first-order valence-corrected chi connectivity index (χ1v) is 6.32. The van der Waals surface area contributed by atoms with Gasteiger partial charge in [-0.2, -0.15) is 0 Å². The first-order valence-electron chi connectivity index (χ1n) is 6.32. The number of rotatable bonds is 2. The maximum Gasteiger partial charge on any atom is 0.119 e. The molecular weight excluding hydrogens is 238 g/mol. The Labute approximate surface area is 112 Å². The van der Waals surface area contributed by atoms with E-state index in [4.69, 9.17) is 4.74 Å². The highest BCUT2D eigenvalue weighted by molar-refractivity contribution is 6.08. The molecule has 0 aliphatic rings. The molecule has 0 bridgehead atoms. The predicted octanol–water partition coefficient (Wildman–Crippen LogP) is 3.14. The number of nitrogens with zero attached hydrogens (tertiary/aromatic N) is 1. The van der Waals surface area contributed by atoms with Gasteiger partial charge >= 0.3 is 0 Å². The van der Waals surface area contributed by atoms with Crippen molar-refractivity contribution in [3.63, 3.8) is 0 Å². The lowest BCUT2D eigenvalue weighted by molar-refractivity contribution is 0.281. The van der Waals surface area contributed by atoms with E-state index in [1.807, 2.05) is 19.1 Å². The van der Waals surface area contributed by atoms with Crippen molar-refractivity contribution in [2.24, 2.45) is 7.05 Å². The molecule has 3 nitrogen and oxygen atoms in total. The third kappa shape index (κ3) is 1.70. The van der Waals surface area contributed by atoms with Crippen LogP contribution in [0.15, 0.2) is 30.3 Å². The quantitative estimate of drug-likeness (QED) is 0.763. The van der Waals surface area contributed by atoms with Gasteiger partial charge in [0.25, 0.3) is 0 Å². The van der Waals surface area contributed by atoms with Crippen molar-refractivity contribution < 1.29 is 9.84 Å². The first kappa shape index (κ1) is 12.1. The van der Waals surface area contributed by atoms with Crippen molar-refractivity contribution in [3.05, 3.63) is 41.5 Å². The fourth-order valence-electron chi connectivity index (χ4n) is 2.68. The molecular formula is C16H17NO2. The van der Waals surface area contributed by atoms with Crippen LogP contribution in [0.2, 0.25) is 0 Å². The lowest BCUT2D eigenvalue weighted by atomic mass is 10.0. The van der Waals surface area contributed by atoms with Crippen LogP contribution in [0.4, 0.5) is 0 Å². The number of ether oxygens (including phenoxy) is 1. The van der Waals surface area contributed by atoms with Crippen LogP contribution >= 0.6 is 0 Å². The Morgan fingerprint density at radius 1 is 1.11 bits per heavy atom. The van der Waals surface area contributed by atoms with Gasteiger partial charge in [0.05, 0.1) is 13.7 Å². The number of fused-ring (bicyclic) bond motifs is 3. The van der Waals surface area contributed by atoms with E-state index in [-0.39, 0.29) is 6.61 Å². The lowest BCUT2D eigenvalue weighted by Crippen LogP contribution is -1.91. The zero-order valence-corrected chi connectivity index (χ0v) is 11.4. The molecule has 1 N–H and O–H groups in total. The molecule has 0 amide bonds. The van der Waals surface area contributed by atoms with Gasteiger partial charge in [0.2, 0.25) is 0 Å². The van der Waals surface area contributed by atoms with Gasteiger partial charge in [-0.05, 0) is 48.4 Å². The number of hydrogen-bond acceptors (Lipinski definition) is 2. The summed E-state index contributed by atoms with van der Waals surface area (Å²) in [5, 5.41) is 11.7. The van der Waals surface area contributed by atoms with Crippen molar-refractivity contribution in [1.29, 1.82) is 0 Å². The molecule has 0 radical (unpaired) electrons. The fraction of sp³-hybridized carbons (Fsp3) is 0.250. The van der Waals surface area contributed by atoms with E-state index in [2.05, 4.69) is 29.8 Å². The molecule has 19 heavy (non-hydrogen) atoms. The summed E-state index contributed by atoms with van der Waals surface area (Å²) < 4.78 is 7.48. The topological polar surface area (TPSA) is 34.4 Å². The first-order chi connectivity index (χ1) is 9.15. The molecule has 2 aromatic carbocycles. The molecule has 3 rings (SSSR count). The monoisotopic (exact) mass is 255 g/mol. The van der Waals surface area contributed by atoms with Crippen molar-refractivity contribution in [2.75, 3.05) is 7.11 Å². The van der Waals surface area contributed by atoms with E-state index in [1.54, 1.807) is 7.11 Å². The highest BCUT2D eigenvalue weighted by Gasteiger charge is 2.11. The number of benzene rings is 2. The van der Waals surface area contributed by atoms with Gasteiger partial charge in [-0.25, -0.2) is 0 Å². The Kier molecular flexibility index (Phi) is 2.72. The highest BCUT2D eigenvalue weighted by atomic mass is 16.5. The Bertz CT molecular complexity index is 771. The molecule has 3 aromatic rings. The molecule has 1 heterocycles. The molecule has 98 valence electrons. The Hall–Kier alpha value is -2.00. The summed E-state index contributed by atoms with van der Waals surface area (Å²) in [5.74, 6) is 0.853. The average Bonchev–Trinajstić information content (AvgIpc) is 2.70. The molecule has 0 spiro atoms.